The number of nitrogens with one attached hydrogen (secondary N) is 3. The molecule has 3 aromatic rings. The Labute approximate surface area is 380 Å². The maximum atomic E-state index is 15.0. The Morgan fingerprint density at radius 1 is 1.00 bits per heavy atom. The number of benzene rings is 2. The van der Waals surface area contributed by atoms with Crippen LogP contribution in [0, 0.1) is 17.8 Å². The fourth-order valence-electron chi connectivity index (χ4n) is 8.50. The number of halogens is 4. The Kier molecular flexibility index (Phi) is 13.3. The van der Waals surface area contributed by atoms with Crippen LogP contribution in [0.5, 0.6) is 17.4 Å². The van der Waals surface area contributed by atoms with E-state index in [1.165, 1.54) is 19.1 Å². The number of amides is 4. The summed E-state index contributed by atoms with van der Waals surface area (Å²) in [6.07, 6.45) is -1.58. The molecule has 4 amide bonds. The molecular weight excluding hydrogens is 895 g/mol. The molecule has 0 unspecified atom stereocenters. The Balaban J connectivity index is 1.27. The number of alkyl carbamates (subject to hydrolysis) is 1. The van der Waals surface area contributed by atoms with Crippen molar-refractivity contribution in [3.8, 4) is 28.6 Å². The number of carbonyl (C=O) groups is 4. The molecule has 352 valence electrons. The fourth-order valence-corrected chi connectivity index (χ4v) is 10.1. The van der Waals surface area contributed by atoms with Gasteiger partial charge in [0.1, 0.15) is 35.2 Å². The second-order valence-electron chi connectivity index (χ2n) is 18.0. The number of allylic oxidation sites excluding steroid dienone is 1. The fraction of sp³-hybridized carbons (Fsp3) is 0.533. The van der Waals surface area contributed by atoms with Crippen molar-refractivity contribution >= 4 is 56.2 Å². The molecule has 7 atom stereocenters. The lowest BCUT2D eigenvalue weighted by Gasteiger charge is -2.34. The quantitative estimate of drug-likeness (QED) is 0.180. The number of rotatable bonds is 10. The first-order valence-electron chi connectivity index (χ1n) is 21.5. The molecule has 3 N–H and O–H groups in total. The normalized spacial score (nSPS) is 27.0. The molecule has 1 aromatic heterocycles. The molecule has 0 bridgehead atoms. The molecule has 4 aliphatic rings. The maximum Gasteiger partial charge on any atom is 0.427 e. The van der Waals surface area contributed by atoms with E-state index in [0.717, 1.165) is 0 Å². The van der Waals surface area contributed by atoms with Crippen LogP contribution in [0.25, 0.3) is 22.0 Å². The van der Waals surface area contributed by atoms with Crippen molar-refractivity contribution in [3.63, 3.8) is 0 Å². The third-order valence-corrected chi connectivity index (χ3v) is 14.8. The lowest BCUT2D eigenvalue weighted by Crippen LogP contribution is -2.59. The van der Waals surface area contributed by atoms with Crippen LogP contribution in [0.2, 0.25) is 5.02 Å². The number of ether oxygens (including phenoxy) is 4. The van der Waals surface area contributed by atoms with E-state index in [1.54, 1.807) is 49.4 Å². The molecule has 2 aliphatic carbocycles. The molecule has 2 aromatic carbocycles. The largest absolute Gasteiger partial charge is 0.497 e. The van der Waals surface area contributed by atoms with E-state index in [1.807, 2.05) is 19.1 Å². The lowest BCUT2D eigenvalue weighted by molar-refractivity contribution is -0.244. The van der Waals surface area contributed by atoms with Gasteiger partial charge in [-0.1, -0.05) is 37.6 Å². The molecule has 1 saturated heterocycles. The van der Waals surface area contributed by atoms with E-state index < -0.39 is 86.4 Å². The van der Waals surface area contributed by atoms with Crippen LogP contribution in [0.15, 0.2) is 54.6 Å². The van der Waals surface area contributed by atoms with Crippen molar-refractivity contribution in [1.82, 2.24) is 25.2 Å². The molecule has 0 spiro atoms. The number of nitrogens with zero attached hydrogens (tertiary/aromatic N) is 2. The Morgan fingerprint density at radius 2 is 1.74 bits per heavy atom. The van der Waals surface area contributed by atoms with Crippen LogP contribution in [0.1, 0.15) is 72.6 Å². The zero-order valence-electron chi connectivity index (χ0n) is 36.8. The van der Waals surface area contributed by atoms with Gasteiger partial charge in [0.05, 0.1) is 36.7 Å². The van der Waals surface area contributed by atoms with Gasteiger partial charge in [-0.3, -0.25) is 19.1 Å². The van der Waals surface area contributed by atoms with E-state index in [4.69, 9.17) is 35.5 Å². The van der Waals surface area contributed by atoms with Crippen LogP contribution >= 0.6 is 11.6 Å². The highest BCUT2D eigenvalue weighted by Gasteiger charge is 2.62. The van der Waals surface area contributed by atoms with Crippen molar-refractivity contribution in [2.75, 3.05) is 20.8 Å². The minimum Gasteiger partial charge on any atom is -0.497 e. The van der Waals surface area contributed by atoms with Crippen molar-refractivity contribution in [1.29, 1.82) is 0 Å². The molecule has 20 heteroatoms. The van der Waals surface area contributed by atoms with Crippen molar-refractivity contribution in [2.45, 2.75) is 113 Å². The average Bonchev–Trinajstić information content (AvgIpc) is 4.17. The second-order valence-corrected chi connectivity index (χ2v) is 20.4. The van der Waals surface area contributed by atoms with Gasteiger partial charge in [-0.2, -0.15) is 13.2 Å². The maximum absolute atomic E-state index is 15.0. The number of aromatic nitrogens is 1. The predicted molar refractivity (Wildman–Crippen MR) is 234 cm³/mol. The van der Waals surface area contributed by atoms with Crippen LogP contribution in [0.4, 0.5) is 18.0 Å². The smallest absolute Gasteiger partial charge is 0.427 e. The number of pyridine rings is 1. The van der Waals surface area contributed by atoms with E-state index in [9.17, 15) is 40.8 Å². The molecular formula is C45H53ClF3N5O10S. The molecule has 3 heterocycles. The summed E-state index contributed by atoms with van der Waals surface area (Å²) in [5.74, 6) is -2.73. The van der Waals surface area contributed by atoms with Crippen LogP contribution in [0.3, 0.4) is 0 Å². The van der Waals surface area contributed by atoms with Gasteiger partial charge in [0, 0.05) is 23.3 Å². The summed E-state index contributed by atoms with van der Waals surface area (Å²) in [6, 6.07) is 9.30. The average molecular weight is 948 g/mol. The summed E-state index contributed by atoms with van der Waals surface area (Å²) in [4.78, 5) is 62.9. The minimum absolute atomic E-state index is 0.0634. The summed E-state index contributed by atoms with van der Waals surface area (Å²) in [5, 5.41) is 6.01. The molecule has 15 nitrogen and oxygen atoms in total. The molecule has 65 heavy (non-hydrogen) atoms. The standard InChI is InChI=1S/C45H53ClF3N5O10S/c1-24-9-7-8-10-28-22-44(28,41(57)53-65(59,60)31-13-14-31)52-38(55)35-21-30(23-54(35)40(56)37(25(2)17-24)51-42(58)64-43(3,4)45(47,48)49)63-39-32-15-12-29(61-5)18-27(32)20-34(50-39)26-11-16-36(62-6)33(46)19-26/h8,10-12,15-16,18-20,24-25,28,30-31,35,37H,7,9,13-14,17,21-23H2,1-6H3,(H,51,58)(H,52,55)(H,53,57)/b10-8-/t24-,25-,28-,30-,35+,37+,44-/m1/s1. The second kappa shape index (κ2) is 18.2. The summed E-state index contributed by atoms with van der Waals surface area (Å²) in [7, 11) is -1.01. The molecule has 2 aliphatic heterocycles. The van der Waals surface area contributed by atoms with Gasteiger partial charge < -0.3 is 34.5 Å². The van der Waals surface area contributed by atoms with Crippen LogP contribution in [-0.2, 0) is 29.1 Å². The summed E-state index contributed by atoms with van der Waals surface area (Å²) in [6.45, 7) is 4.72. The van der Waals surface area contributed by atoms with E-state index in [-0.39, 0.29) is 31.2 Å². The third-order valence-electron chi connectivity index (χ3n) is 12.6. The number of alkyl halides is 3. The van der Waals surface area contributed by atoms with Gasteiger partial charge in [0.15, 0.2) is 0 Å². The highest BCUT2D eigenvalue weighted by molar-refractivity contribution is 7.91. The van der Waals surface area contributed by atoms with Crippen LogP contribution in [-0.4, -0.2) is 104 Å². The topological polar surface area (TPSA) is 192 Å². The van der Waals surface area contributed by atoms with Crippen LogP contribution < -0.4 is 29.6 Å². The van der Waals surface area contributed by atoms with Crippen molar-refractivity contribution < 1.29 is 59.7 Å². The first-order chi connectivity index (χ1) is 30.5. The number of carbonyl (C=O) groups excluding carboxylic acids is 4. The van der Waals surface area contributed by atoms with Gasteiger partial charge in [-0.25, -0.2) is 18.2 Å². The minimum atomic E-state index is -4.94. The zero-order chi connectivity index (χ0) is 47.2. The number of methoxy groups -OCH3 is 2. The predicted octanol–water partition coefficient (Wildman–Crippen LogP) is 6.85. The Bertz CT molecular complexity index is 2500. The zero-order valence-corrected chi connectivity index (χ0v) is 38.4. The highest BCUT2D eigenvalue weighted by atomic mass is 35.5. The van der Waals surface area contributed by atoms with E-state index >= 15 is 0 Å². The summed E-state index contributed by atoms with van der Waals surface area (Å²) >= 11 is 6.50. The Hall–Kier alpha value is -5.30. The third kappa shape index (κ3) is 10.2. The number of hydrogen-bond acceptors (Lipinski definition) is 11. The molecule has 2 saturated carbocycles. The van der Waals surface area contributed by atoms with Crippen molar-refractivity contribution in [2.24, 2.45) is 17.8 Å². The highest BCUT2D eigenvalue weighted by Crippen LogP contribution is 2.46. The van der Waals surface area contributed by atoms with E-state index in [0.29, 0.717) is 84.5 Å². The van der Waals surface area contributed by atoms with Gasteiger partial charge >= 0.3 is 12.3 Å². The van der Waals surface area contributed by atoms with Crippen molar-refractivity contribution in [3.05, 3.63) is 59.6 Å². The molecule has 0 radical (unpaired) electrons. The van der Waals surface area contributed by atoms with Gasteiger partial charge in [-0.05, 0) is 112 Å². The van der Waals surface area contributed by atoms with Gasteiger partial charge in [-0.15, -0.1) is 0 Å². The Morgan fingerprint density at radius 3 is 2.40 bits per heavy atom. The summed E-state index contributed by atoms with van der Waals surface area (Å²) in [5.41, 5.74) is -3.53. The monoisotopic (exact) mass is 947 g/mol. The lowest BCUT2D eigenvalue weighted by atomic mass is 9.88. The first kappa shape index (κ1) is 47.7. The van der Waals surface area contributed by atoms with Gasteiger partial charge in [0.25, 0.3) is 5.91 Å². The number of sulfonamides is 1. The molecule has 7 rings (SSSR count). The first-order valence-corrected chi connectivity index (χ1v) is 23.4. The number of hydrogen-bond donors (Lipinski definition) is 3. The van der Waals surface area contributed by atoms with E-state index in [2.05, 4.69) is 15.4 Å². The molecule has 3 fully saturated rings. The number of fused-ring (bicyclic) bond motifs is 3. The SMILES string of the molecule is COc1ccc2c(O[C@@H]3C[C@H]4C(=O)N[C@]5(C(=O)NS(=O)(=O)C6CC6)C[C@H]5/C=C\CC[C@@H](C)C[C@@H](C)[C@H](NC(=O)OC(C)(C)C(F)(F)F)C(=O)N4C3)nc(-c3ccc(OC)c(Cl)c3)cc2c1. The summed E-state index contributed by atoms with van der Waals surface area (Å²) < 4.78 is 92.0. The van der Waals surface area contributed by atoms with Gasteiger partial charge in [0.2, 0.25) is 33.3 Å².